The Bertz CT molecular complexity index is 604. The predicted octanol–water partition coefficient (Wildman–Crippen LogP) is 2.46. The fourth-order valence-corrected chi connectivity index (χ4v) is 4.03. The van der Waals surface area contributed by atoms with E-state index in [9.17, 15) is 9.59 Å². The number of likely N-dealkylation sites (tertiary alicyclic amines) is 1. The number of nitrogens with zero attached hydrogens (tertiary/aromatic N) is 3. The molecular weight excluding hydrogens is 342 g/mol. The van der Waals surface area contributed by atoms with Gasteiger partial charge in [-0.05, 0) is 12.8 Å². The number of rotatable bonds is 8. The molecule has 2 atom stereocenters. The molecule has 1 aromatic heterocycles. The lowest BCUT2D eigenvalue weighted by molar-refractivity contribution is -0.109. The van der Waals surface area contributed by atoms with E-state index in [1.165, 1.54) is 11.8 Å². The van der Waals surface area contributed by atoms with Crippen LogP contribution < -0.4 is 0 Å². The van der Waals surface area contributed by atoms with Gasteiger partial charge in [0.1, 0.15) is 6.61 Å². The van der Waals surface area contributed by atoms with Crippen LogP contribution in [-0.2, 0) is 27.4 Å². The molecule has 0 N–H and O–H groups in total. The molecule has 0 radical (unpaired) electrons. The molecule has 1 aliphatic heterocycles. The topological polar surface area (TPSA) is 73.7 Å². The number of amides is 1. The van der Waals surface area contributed by atoms with Crippen LogP contribution >= 0.6 is 11.8 Å². The van der Waals surface area contributed by atoms with Crippen molar-refractivity contribution < 1.29 is 19.1 Å². The number of hydrogen-bond acceptors (Lipinski definition) is 6. The maximum atomic E-state index is 12.3. The first-order valence-electron chi connectivity index (χ1n) is 8.24. The number of hydrogen-bond donors (Lipinski definition) is 0. The van der Waals surface area contributed by atoms with Crippen molar-refractivity contribution in [3.63, 3.8) is 0 Å². The molecule has 138 valence electrons. The van der Waals surface area contributed by atoms with Crippen molar-refractivity contribution in [3.05, 3.63) is 30.9 Å². The van der Waals surface area contributed by atoms with Gasteiger partial charge < -0.3 is 18.9 Å². The van der Waals surface area contributed by atoms with Crippen molar-refractivity contribution in [2.45, 2.75) is 44.2 Å². The van der Waals surface area contributed by atoms with E-state index in [0.717, 1.165) is 25.1 Å². The quantitative estimate of drug-likeness (QED) is 0.657. The van der Waals surface area contributed by atoms with Gasteiger partial charge in [0.2, 0.25) is 0 Å². The average molecular weight is 367 g/mol. The molecule has 0 aromatic carbocycles. The number of thioether (sulfide) groups is 1. The Balaban J connectivity index is 2.00. The van der Waals surface area contributed by atoms with Gasteiger partial charge in [-0.1, -0.05) is 24.4 Å². The minimum Gasteiger partial charge on any atom is -0.445 e. The Labute approximate surface area is 152 Å². The number of carbonyl (C=O) groups excluding carboxylic acids is 2. The molecule has 2 rings (SSSR count). The van der Waals surface area contributed by atoms with Crippen molar-refractivity contribution in [3.8, 4) is 0 Å². The molecule has 1 fully saturated rings. The van der Waals surface area contributed by atoms with E-state index in [1.807, 2.05) is 4.57 Å². The lowest BCUT2D eigenvalue weighted by Crippen LogP contribution is -2.37. The van der Waals surface area contributed by atoms with Crippen molar-refractivity contribution in [1.29, 1.82) is 0 Å². The molecule has 0 saturated carbocycles. The van der Waals surface area contributed by atoms with Gasteiger partial charge in [-0.2, -0.15) is 0 Å². The first kappa shape index (κ1) is 19.5. The second-order valence-electron chi connectivity index (χ2n) is 5.94. The lowest BCUT2D eigenvalue weighted by atomic mass is 10.1. The Hall–Kier alpha value is -1.80. The minimum absolute atomic E-state index is 0.0342. The highest BCUT2D eigenvalue weighted by atomic mass is 32.2. The minimum atomic E-state index is -0.348. The second-order valence-corrected chi connectivity index (χ2v) is 7.42. The Morgan fingerprint density at radius 1 is 1.52 bits per heavy atom. The van der Waals surface area contributed by atoms with Crippen molar-refractivity contribution in [1.82, 2.24) is 14.5 Å². The van der Waals surface area contributed by atoms with E-state index in [4.69, 9.17) is 9.47 Å². The number of carbonyl (C=O) groups is 2. The van der Waals surface area contributed by atoms with Crippen LogP contribution in [0, 0.1) is 0 Å². The van der Waals surface area contributed by atoms with E-state index in [-0.39, 0.29) is 29.1 Å². The summed E-state index contributed by atoms with van der Waals surface area (Å²) in [5.74, 6) is 0. The molecule has 8 heteroatoms. The highest BCUT2D eigenvalue weighted by Crippen LogP contribution is 2.30. The maximum absolute atomic E-state index is 12.3. The van der Waals surface area contributed by atoms with Gasteiger partial charge in [0.15, 0.2) is 5.12 Å². The van der Waals surface area contributed by atoms with Gasteiger partial charge in [-0.15, -0.1) is 0 Å². The largest absolute Gasteiger partial charge is 0.445 e. The van der Waals surface area contributed by atoms with E-state index in [0.29, 0.717) is 13.2 Å². The Kier molecular flexibility index (Phi) is 7.52. The fourth-order valence-electron chi connectivity index (χ4n) is 3.01. The Morgan fingerprint density at radius 2 is 2.32 bits per heavy atom. The molecule has 0 unspecified atom stereocenters. The van der Waals surface area contributed by atoms with Gasteiger partial charge in [-0.25, -0.2) is 9.78 Å². The normalized spacial score (nSPS) is 19.8. The fraction of sp³-hybridized carbons (Fsp3) is 0.588. The van der Waals surface area contributed by atoms with Crippen LogP contribution in [0.15, 0.2) is 25.2 Å². The summed E-state index contributed by atoms with van der Waals surface area (Å²) in [7, 11) is 1.65. The first-order chi connectivity index (χ1) is 12.0. The number of imidazole rings is 1. The number of methoxy groups -OCH3 is 1. The molecule has 0 aliphatic carbocycles. The van der Waals surface area contributed by atoms with Gasteiger partial charge in [-0.3, -0.25) is 4.79 Å². The maximum Gasteiger partial charge on any atom is 0.410 e. The molecule has 1 aromatic rings. The van der Waals surface area contributed by atoms with Crippen LogP contribution in [0.25, 0.3) is 0 Å². The number of aryl methyl sites for hydroxylation is 1. The third-order valence-electron chi connectivity index (χ3n) is 4.06. The zero-order chi connectivity index (χ0) is 18.2. The van der Waals surface area contributed by atoms with Crippen LogP contribution in [0.3, 0.4) is 0 Å². The standard InChI is InChI=1S/C17H25N3O4S/c1-4-7-24-17(22)20-10-16(25-13(2)21)8-14(20)5-6-19-12-18-9-15(19)11-23-3/h4,9,12,14,16H,1,5-8,10-11H2,2-3H3/t14-,16+/m1/s1. The smallest absolute Gasteiger partial charge is 0.410 e. The summed E-state index contributed by atoms with van der Waals surface area (Å²) in [5, 5.41) is 0.182. The molecule has 0 spiro atoms. The van der Waals surface area contributed by atoms with Crippen LogP contribution in [0.4, 0.5) is 4.79 Å². The van der Waals surface area contributed by atoms with Gasteiger partial charge >= 0.3 is 6.09 Å². The van der Waals surface area contributed by atoms with E-state index in [2.05, 4.69) is 11.6 Å². The summed E-state index contributed by atoms with van der Waals surface area (Å²) in [6.07, 6.45) is 6.30. The highest BCUT2D eigenvalue weighted by Gasteiger charge is 2.36. The van der Waals surface area contributed by atoms with Crippen LogP contribution in [0.5, 0.6) is 0 Å². The molecule has 1 aliphatic rings. The second kappa shape index (κ2) is 9.62. The molecule has 7 nitrogen and oxygen atoms in total. The summed E-state index contributed by atoms with van der Waals surface area (Å²) < 4.78 is 12.4. The third kappa shape index (κ3) is 5.61. The number of aromatic nitrogens is 2. The molecule has 1 saturated heterocycles. The van der Waals surface area contributed by atoms with Gasteiger partial charge in [0.25, 0.3) is 0 Å². The van der Waals surface area contributed by atoms with E-state index in [1.54, 1.807) is 37.5 Å². The summed E-state index contributed by atoms with van der Waals surface area (Å²) in [6.45, 7) is 7.06. The summed E-state index contributed by atoms with van der Waals surface area (Å²) in [5.41, 5.74) is 0.996. The molecule has 2 heterocycles. The monoisotopic (exact) mass is 367 g/mol. The van der Waals surface area contributed by atoms with Crippen molar-refractivity contribution in [2.24, 2.45) is 0 Å². The first-order valence-corrected chi connectivity index (χ1v) is 9.12. The predicted molar refractivity (Wildman–Crippen MR) is 96.3 cm³/mol. The average Bonchev–Trinajstić information content (AvgIpc) is 3.17. The van der Waals surface area contributed by atoms with Crippen molar-refractivity contribution in [2.75, 3.05) is 20.3 Å². The highest BCUT2D eigenvalue weighted by molar-refractivity contribution is 8.14. The molecule has 25 heavy (non-hydrogen) atoms. The molecule has 1 amide bonds. The zero-order valence-electron chi connectivity index (χ0n) is 14.7. The zero-order valence-corrected chi connectivity index (χ0v) is 15.5. The third-order valence-corrected chi connectivity index (χ3v) is 5.07. The molecular formula is C17H25N3O4S. The van der Waals surface area contributed by atoms with Gasteiger partial charge in [0, 0.05) is 38.4 Å². The van der Waals surface area contributed by atoms with Crippen molar-refractivity contribution >= 4 is 23.0 Å². The number of ether oxygens (including phenoxy) is 2. The van der Waals surface area contributed by atoms with Gasteiger partial charge in [0.05, 0.1) is 24.8 Å². The van der Waals surface area contributed by atoms with E-state index >= 15 is 0 Å². The van der Waals surface area contributed by atoms with Crippen LogP contribution in [-0.4, -0.2) is 57.2 Å². The molecule has 0 bridgehead atoms. The Morgan fingerprint density at radius 3 is 3.00 bits per heavy atom. The summed E-state index contributed by atoms with van der Waals surface area (Å²) in [6, 6.07) is 0.0342. The van der Waals surface area contributed by atoms with Crippen LogP contribution in [0.1, 0.15) is 25.5 Å². The summed E-state index contributed by atoms with van der Waals surface area (Å²) in [4.78, 5) is 29.6. The van der Waals surface area contributed by atoms with E-state index < -0.39 is 0 Å². The summed E-state index contributed by atoms with van der Waals surface area (Å²) >= 11 is 1.30. The lowest BCUT2D eigenvalue weighted by Gasteiger charge is -2.24. The SMILES string of the molecule is C=CCOC(=O)N1C[C@@H](SC(C)=O)C[C@H]1CCn1cncc1COC. The van der Waals surface area contributed by atoms with Crippen LogP contribution in [0.2, 0.25) is 0 Å².